The Kier molecular flexibility index (Phi) is 3.83. The number of hydrogen-bond acceptors (Lipinski definition) is 4. The zero-order valence-corrected chi connectivity index (χ0v) is 12.0. The van der Waals surface area contributed by atoms with E-state index in [1.165, 1.54) is 0 Å². The smallest absolute Gasteiger partial charge is 0.292 e. The van der Waals surface area contributed by atoms with E-state index in [-0.39, 0.29) is 17.3 Å². The monoisotopic (exact) mass is 265 g/mol. The summed E-state index contributed by atoms with van der Waals surface area (Å²) in [5.41, 5.74) is 6.71. The molecule has 0 aliphatic carbocycles. The van der Waals surface area contributed by atoms with E-state index < -0.39 is 0 Å². The average Bonchev–Trinajstić information content (AvgIpc) is 2.65. The van der Waals surface area contributed by atoms with Crippen molar-refractivity contribution >= 4 is 11.9 Å². The summed E-state index contributed by atoms with van der Waals surface area (Å²) in [6.45, 7) is 7.81. The van der Waals surface area contributed by atoms with E-state index in [0.29, 0.717) is 19.5 Å². The lowest BCUT2D eigenvalue weighted by molar-refractivity contribution is -0.132. The van der Waals surface area contributed by atoms with Crippen molar-refractivity contribution in [3.8, 4) is 0 Å². The van der Waals surface area contributed by atoms with E-state index in [2.05, 4.69) is 25.8 Å². The van der Waals surface area contributed by atoms with Crippen LogP contribution in [0.15, 0.2) is 4.42 Å². The lowest BCUT2D eigenvalue weighted by Crippen LogP contribution is -2.35. The van der Waals surface area contributed by atoms with E-state index >= 15 is 0 Å². The summed E-state index contributed by atoms with van der Waals surface area (Å²) in [6.07, 6.45) is 3.34. The third-order valence-electron chi connectivity index (χ3n) is 3.42. The molecular formula is C14H23N3O2. The lowest BCUT2D eigenvalue weighted by Gasteiger charge is -2.26. The lowest BCUT2D eigenvalue weighted by atomic mass is 9.90. The molecule has 0 fully saturated rings. The standard InChI is InChI=1S/C14H23N3O2/c1-14(2,3)7-4-5-12(18)17-8-6-10-11(9-17)19-13(15)16-10/h4-9H2,1-3H3,(H2,15,16). The fourth-order valence-corrected chi connectivity index (χ4v) is 2.36. The van der Waals surface area contributed by atoms with E-state index in [1.54, 1.807) is 0 Å². The molecular weight excluding hydrogens is 242 g/mol. The Morgan fingerprint density at radius 3 is 2.89 bits per heavy atom. The van der Waals surface area contributed by atoms with E-state index in [9.17, 15) is 4.79 Å². The van der Waals surface area contributed by atoms with Crippen LogP contribution in [-0.2, 0) is 17.8 Å². The van der Waals surface area contributed by atoms with Gasteiger partial charge in [0.1, 0.15) is 5.76 Å². The van der Waals surface area contributed by atoms with Crippen LogP contribution in [0.5, 0.6) is 0 Å². The van der Waals surface area contributed by atoms with Crippen molar-refractivity contribution in [3.63, 3.8) is 0 Å². The first-order chi connectivity index (χ1) is 8.85. The summed E-state index contributed by atoms with van der Waals surface area (Å²) < 4.78 is 5.32. The minimum atomic E-state index is 0.199. The molecule has 0 saturated heterocycles. The number of rotatable bonds is 3. The van der Waals surface area contributed by atoms with Crippen molar-refractivity contribution in [2.24, 2.45) is 5.41 Å². The third kappa shape index (κ3) is 3.72. The zero-order valence-electron chi connectivity index (χ0n) is 12.0. The highest BCUT2D eigenvalue weighted by molar-refractivity contribution is 5.76. The Balaban J connectivity index is 1.85. The molecule has 2 N–H and O–H groups in total. The number of oxazole rings is 1. The van der Waals surface area contributed by atoms with Gasteiger partial charge in [-0.15, -0.1) is 0 Å². The van der Waals surface area contributed by atoms with Crippen LogP contribution in [0.4, 0.5) is 6.01 Å². The first-order valence-corrected chi connectivity index (χ1v) is 6.87. The molecule has 0 saturated carbocycles. The quantitative estimate of drug-likeness (QED) is 0.910. The second-order valence-corrected chi connectivity index (χ2v) is 6.40. The predicted molar refractivity (Wildman–Crippen MR) is 73.3 cm³/mol. The number of anilines is 1. The SMILES string of the molecule is CC(C)(C)CCCC(=O)N1CCc2nc(N)oc2C1. The molecule has 0 atom stereocenters. The van der Waals surface area contributed by atoms with Crippen LogP contribution in [0.25, 0.3) is 0 Å². The number of carbonyl (C=O) groups is 1. The van der Waals surface area contributed by atoms with Crippen molar-refractivity contribution in [1.82, 2.24) is 9.88 Å². The Labute approximate surface area is 114 Å². The Morgan fingerprint density at radius 1 is 1.47 bits per heavy atom. The second-order valence-electron chi connectivity index (χ2n) is 6.40. The van der Waals surface area contributed by atoms with Crippen LogP contribution < -0.4 is 5.73 Å². The highest BCUT2D eigenvalue weighted by Crippen LogP contribution is 2.24. The normalized spacial score (nSPS) is 15.4. The minimum Gasteiger partial charge on any atom is -0.427 e. The van der Waals surface area contributed by atoms with E-state index in [4.69, 9.17) is 10.2 Å². The number of aromatic nitrogens is 1. The number of nitrogens with two attached hydrogens (primary N) is 1. The first kappa shape index (κ1) is 13.9. The number of nitrogen functional groups attached to an aromatic ring is 1. The van der Waals surface area contributed by atoms with Gasteiger partial charge in [0.2, 0.25) is 5.91 Å². The average molecular weight is 265 g/mol. The van der Waals surface area contributed by atoms with Crippen molar-refractivity contribution in [2.75, 3.05) is 12.3 Å². The van der Waals surface area contributed by atoms with Gasteiger partial charge in [-0.1, -0.05) is 20.8 Å². The molecule has 1 aromatic rings. The molecule has 2 heterocycles. The van der Waals surface area contributed by atoms with Crippen molar-refractivity contribution < 1.29 is 9.21 Å². The van der Waals surface area contributed by atoms with Crippen LogP contribution >= 0.6 is 0 Å². The van der Waals surface area contributed by atoms with Crippen LogP contribution in [0.3, 0.4) is 0 Å². The van der Waals surface area contributed by atoms with Gasteiger partial charge in [-0.2, -0.15) is 4.98 Å². The van der Waals surface area contributed by atoms with E-state index in [1.807, 2.05) is 4.90 Å². The molecule has 0 spiro atoms. The highest BCUT2D eigenvalue weighted by atomic mass is 16.4. The molecule has 0 aromatic carbocycles. The summed E-state index contributed by atoms with van der Waals surface area (Å²) in [5.74, 6) is 0.942. The van der Waals surface area contributed by atoms with Crippen molar-refractivity contribution in [1.29, 1.82) is 0 Å². The number of nitrogens with zero attached hydrogens (tertiary/aromatic N) is 2. The van der Waals surface area contributed by atoms with Gasteiger partial charge in [-0.3, -0.25) is 4.79 Å². The van der Waals surface area contributed by atoms with Crippen molar-refractivity contribution in [2.45, 2.75) is 53.0 Å². The maximum atomic E-state index is 12.1. The summed E-state index contributed by atoms with van der Waals surface area (Å²) in [5, 5.41) is 0. The van der Waals surface area contributed by atoms with Crippen LogP contribution in [0.2, 0.25) is 0 Å². The maximum Gasteiger partial charge on any atom is 0.292 e. The highest BCUT2D eigenvalue weighted by Gasteiger charge is 2.25. The van der Waals surface area contributed by atoms with Gasteiger partial charge in [0, 0.05) is 19.4 Å². The summed E-state index contributed by atoms with van der Waals surface area (Å²) in [4.78, 5) is 18.1. The van der Waals surface area contributed by atoms with Gasteiger partial charge in [0.05, 0.1) is 12.2 Å². The third-order valence-corrected chi connectivity index (χ3v) is 3.42. The molecule has 1 aliphatic rings. The fraction of sp³-hybridized carbons (Fsp3) is 0.714. The van der Waals surface area contributed by atoms with Crippen molar-refractivity contribution in [3.05, 3.63) is 11.5 Å². The molecule has 0 unspecified atom stereocenters. The Hall–Kier alpha value is -1.52. The van der Waals surface area contributed by atoms with Crippen LogP contribution in [0.1, 0.15) is 51.5 Å². The molecule has 5 heteroatoms. The first-order valence-electron chi connectivity index (χ1n) is 6.87. The predicted octanol–water partition coefficient (Wildman–Crippen LogP) is 2.36. The fourth-order valence-electron chi connectivity index (χ4n) is 2.36. The van der Waals surface area contributed by atoms with Gasteiger partial charge >= 0.3 is 0 Å². The minimum absolute atomic E-state index is 0.199. The molecule has 1 amide bonds. The zero-order chi connectivity index (χ0) is 14.0. The number of carbonyl (C=O) groups excluding carboxylic acids is 1. The number of amides is 1. The summed E-state index contributed by atoms with van der Waals surface area (Å²) >= 11 is 0. The summed E-state index contributed by atoms with van der Waals surface area (Å²) in [7, 11) is 0. The molecule has 106 valence electrons. The molecule has 5 nitrogen and oxygen atoms in total. The Bertz CT molecular complexity index is 460. The topological polar surface area (TPSA) is 72.4 Å². The van der Waals surface area contributed by atoms with Crippen LogP contribution in [0, 0.1) is 5.41 Å². The summed E-state index contributed by atoms with van der Waals surface area (Å²) in [6, 6.07) is 0.201. The largest absolute Gasteiger partial charge is 0.427 e. The molecule has 1 aliphatic heterocycles. The van der Waals surface area contributed by atoms with Gasteiger partial charge in [-0.25, -0.2) is 0 Å². The number of fused-ring (bicyclic) bond motifs is 1. The van der Waals surface area contributed by atoms with E-state index in [0.717, 1.165) is 30.7 Å². The molecule has 19 heavy (non-hydrogen) atoms. The van der Waals surface area contributed by atoms with Crippen LogP contribution in [-0.4, -0.2) is 22.3 Å². The second kappa shape index (κ2) is 5.23. The maximum absolute atomic E-state index is 12.1. The van der Waals surface area contributed by atoms with Gasteiger partial charge in [-0.05, 0) is 18.3 Å². The van der Waals surface area contributed by atoms with Gasteiger partial charge < -0.3 is 15.1 Å². The molecule has 0 radical (unpaired) electrons. The molecule has 1 aromatic heterocycles. The molecule has 2 rings (SSSR count). The molecule has 0 bridgehead atoms. The Morgan fingerprint density at radius 2 is 2.21 bits per heavy atom. The van der Waals surface area contributed by atoms with Gasteiger partial charge in [0.15, 0.2) is 0 Å². The number of hydrogen-bond donors (Lipinski definition) is 1. The van der Waals surface area contributed by atoms with Gasteiger partial charge in [0.25, 0.3) is 6.01 Å².